The molecule has 0 aliphatic heterocycles. The van der Waals surface area contributed by atoms with Crippen LogP contribution in [0.15, 0.2) is 21.3 Å². The van der Waals surface area contributed by atoms with Gasteiger partial charge in [-0.15, -0.1) is 22.7 Å². The number of rotatable bonds is 6. The first-order chi connectivity index (χ1) is 9.19. The Hall–Kier alpha value is -0.920. The molecule has 4 nitrogen and oxygen atoms in total. The summed E-state index contributed by atoms with van der Waals surface area (Å²) in [6.45, 7) is 2.94. The molecule has 7 heteroatoms. The number of thiazole rings is 1. The Kier molecular flexibility index (Phi) is 5.35. The van der Waals surface area contributed by atoms with E-state index in [4.69, 9.17) is 4.74 Å². The minimum atomic E-state index is -0.367. The third-order valence-corrected chi connectivity index (χ3v) is 4.75. The van der Waals surface area contributed by atoms with Gasteiger partial charge in [-0.3, -0.25) is 0 Å². The van der Waals surface area contributed by atoms with Gasteiger partial charge in [-0.05, 0) is 41.4 Å². The topological polar surface area (TPSA) is 51.2 Å². The van der Waals surface area contributed by atoms with E-state index in [1.54, 1.807) is 23.6 Å². The number of carbonyl (C=O) groups excluding carboxylic acids is 1. The Morgan fingerprint density at radius 3 is 3.05 bits per heavy atom. The molecule has 0 aromatic carbocycles. The van der Waals surface area contributed by atoms with Crippen molar-refractivity contribution < 1.29 is 9.53 Å². The number of halogens is 1. The third kappa shape index (κ3) is 4.29. The van der Waals surface area contributed by atoms with E-state index >= 15 is 0 Å². The molecule has 2 rings (SSSR count). The van der Waals surface area contributed by atoms with Gasteiger partial charge in [-0.2, -0.15) is 0 Å². The number of hydrogen-bond donors (Lipinski definition) is 1. The molecule has 0 saturated carbocycles. The van der Waals surface area contributed by atoms with Crippen LogP contribution in [-0.2, 0) is 11.2 Å². The van der Waals surface area contributed by atoms with Crippen molar-refractivity contribution >= 4 is 49.7 Å². The van der Waals surface area contributed by atoms with Crippen molar-refractivity contribution in [3.8, 4) is 0 Å². The number of anilines is 1. The SMILES string of the molecule is CCOC(=O)c1csc(NCCc2ccc(Br)s2)n1. The van der Waals surface area contributed by atoms with E-state index in [-0.39, 0.29) is 5.97 Å². The van der Waals surface area contributed by atoms with Gasteiger partial charge in [-0.25, -0.2) is 9.78 Å². The van der Waals surface area contributed by atoms with Crippen LogP contribution in [0.25, 0.3) is 0 Å². The molecular weight excluding hydrogens is 348 g/mol. The minimum Gasteiger partial charge on any atom is -0.461 e. The highest BCUT2D eigenvalue weighted by atomic mass is 79.9. The van der Waals surface area contributed by atoms with Gasteiger partial charge in [0.15, 0.2) is 10.8 Å². The number of nitrogens with zero attached hydrogens (tertiary/aromatic N) is 1. The lowest BCUT2D eigenvalue weighted by Gasteiger charge is -2.00. The number of thiophene rings is 1. The van der Waals surface area contributed by atoms with Crippen LogP contribution in [-0.4, -0.2) is 24.1 Å². The molecule has 0 spiro atoms. The Morgan fingerprint density at radius 2 is 2.37 bits per heavy atom. The second-order valence-electron chi connectivity index (χ2n) is 3.64. The van der Waals surface area contributed by atoms with Crippen molar-refractivity contribution in [3.05, 3.63) is 31.9 Å². The second kappa shape index (κ2) is 7.02. The smallest absolute Gasteiger partial charge is 0.357 e. The van der Waals surface area contributed by atoms with Crippen molar-refractivity contribution in [2.24, 2.45) is 0 Å². The summed E-state index contributed by atoms with van der Waals surface area (Å²) in [5.41, 5.74) is 0.369. The summed E-state index contributed by atoms with van der Waals surface area (Å²) in [5, 5.41) is 5.67. The van der Waals surface area contributed by atoms with Crippen LogP contribution < -0.4 is 5.32 Å². The zero-order valence-electron chi connectivity index (χ0n) is 10.3. The highest BCUT2D eigenvalue weighted by molar-refractivity contribution is 9.11. The van der Waals surface area contributed by atoms with Crippen LogP contribution in [0, 0.1) is 0 Å². The standard InChI is InChI=1S/C12H13BrN2O2S2/c1-2-17-11(16)9-7-18-12(15-9)14-6-5-8-3-4-10(13)19-8/h3-4,7H,2,5-6H2,1H3,(H,14,15). The molecule has 0 atom stereocenters. The van der Waals surface area contributed by atoms with E-state index in [0.717, 1.165) is 21.9 Å². The predicted molar refractivity (Wildman–Crippen MR) is 82.3 cm³/mol. The summed E-state index contributed by atoms with van der Waals surface area (Å²) in [7, 11) is 0. The second-order valence-corrected chi connectivity index (χ2v) is 7.05. The maximum absolute atomic E-state index is 11.4. The fourth-order valence-electron chi connectivity index (χ4n) is 1.43. The maximum Gasteiger partial charge on any atom is 0.357 e. The fraction of sp³-hybridized carbons (Fsp3) is 0.333. The summed E-state index contributed by atoms with van der Waals surface area (Å²) in [5.74, 6) is -0.367. The Balaban J connectivity index is 1.81. The highest BCUT2D eigenvalue weighted by Crippen LogP contribution is 2.22. The van der Waals surface area contributed by atoms with Gasteiger partial charge in [-0.1, -0.05) is 0 Å². The lowest BCUT2D eigenvalue weighted by Crippen LogP contribution is -2.07. The summed E-state index contributed by atoms with van der Waals surface area (Å²) in [6.07, 6.45) is 0.935. The summed E-state index contributed by atoms with van der Waals surface area (Å²) in [4.78, 5) is 16.9. The van der Waals surface area contributed by atoms with Crippen LogP contribution >= 0.6 is 38.6 Å². The van der Waals surface area contributed by atoms with Crippen LogP contribution in [0.5, 0.6) is 0 Å². The van der Waals surface area contributed by atoms with Gasteiger partial charge in [0.1, 0.15) is 0 Å². The van der Waals surface area contributed by atoms with Gasteiger partial charge in [0, 0.05) is 16.8 Å². The van der Waals surface area contributed by atoms with E-state index in [1.165, 1.54) is 16.2 Å². The number of aromatic nitrogens is 1. The third-order valence-electron chi connectivity index (χ3n) is 2.27. The highest BCUT2D eigenvalue weighted by Gasteiger charge is 2.11. The number of hydrogen-bond acceptors (Lipinski definition) is 6. The summed E-state index contributed by atoms with van der Waals surface area (Å²) >= 11 is 6.58. The molecule has 102 valence electrons. The minimum absolute atomic E-state index is 0.367. The van der Waals surface area contributed by atoms with Crippen molar-refractivity contribution in [2.75, 3.05) is 18.5 Å². The van der Waals surface area contributed by atoms with Crippen molar-refractivity contribution in [1.82, 2.24) is 4.98 Å². The molecule has 0 bridgehead atoms. The quantitative estimate of drug-likeness (QED) is 0.796. The first kappa shape index (κ1) is 14.5. The average Bonchev–Trinajstić information content (AvgIpc) is 2.99. The molecule has 2 aromatic heterocycles. The van der Waals surface area contributed by atoms with E-state index in [1.807, 2.05) is 6.07 Å². The maximum atomic E-state index is 11.4. The largest absolute Gasteiger partial charge is 0.461 e. The van der Waals surface area contributed by atoms with Gasteiger partial charge in [0.05, 0.1) is 10.4 Å². The number of nitrogens with one attached hydrogen (secondary N) is 1. The van der Waals surface area contributed by atoms with Crippen molar-refractivity contribution in [1.29, 1.82) is 0 Å². The van der Waals surface area contributed by atoms with Crippen LogP contribution in [0.2, 0.25) is 0 Å². The first-order valence-corrected chi connectivity index (χ1v) is 8.28. The van der Waals surface area contributed by atoms with Gasteiger partial charge < -0.3 is 10.1 Å². The molecule has 0 amide bonds. The lowest BCUT2D eigenvalue weighted by molar-refractivity contribution is 0.0520. The molecule has 19 heavy (non-hydrogen) atoms. The number of esters is 1. The Bertz CT molecular complexity index is 553. The average molecular weight is 361 g/mol. The van der Waals surface area contributed by atoms with Gasteiger partial charge in [0.2, 0.25) is 0 Å². The predicted octanol–water partition coefficient (Wildman–Crippen LogP) is 3.80. The number of carbonyl (C=O) groups is 1. The summed E-state index contributed by atoms with van der Waals surface area (Å²) in [6, 6.07) is 4.14. The van der Waals surface area contributed by atoms with Gasteiger partial charge >= 0.3 is 5.97 Å². The zero-order valence-corrected chi connectivity index (χ0v) is 13.5. The Labute approximate surface area is 128 Å². The molecule has 2 heterocycles. The fourth-order valence-corrected chi connectivity index (χ4v) is 3.62. The normalized spacial score (nSPS) is 10.4. The molecule has 0 aliphatic carbocycles. The molecule has 0 aliphatic rings. The van der Waals surface area contributed by atoms with E-state index < -0.39 is 0 Å². The molecule has 1 N–H and O–H groups in total. The molecule has 0 fully saturated rings. The molecular formula is C12H13BrN2O2S2. The van der Waals surface area contributed by atoms with Crippen molar-refractivity contribution in [2.45, 2.75) is 13.3 Å². The Morgan fingerprint density at radius 1 is 1.53 bits per heavy atom. The van der Waals surface area contributed by atoms with Crippen LogP contribution in [0.4, 0.5) is 5.13 Å². The number of ether oxygens (including phenoxy) is 1. The van der Waals surface area contributed by atoms with E-state index in [0.29, 0.717) is 12.3 Å². The molecule has 2 aromatic rings. The molecule has 0 saturated heterocycles. The van der Waals surface area contributed by atoms with Crippen LogP contribution in [0.1, 0.15) is 22.3 Å². The lowest BCUT2D eigenvalue weighted by atomic mass is 10.3. The first-order valence-electron chi connectivity index (χ1n) is 5.79. The molecule has 0 unspecified atom stereocenters. The van der Waals surface area contributed by atoms with Crippen LogP contribution in [0.3, 0.4) is 0 Å². The molecule has 0 radical (unpaired) electrons. The van der Waals surface area contributed by atoms with E-state index in [9.17, 15) is 4.79 Å². The monoisotopic (exact) mass is 360 g/mol. The summed E-state index contributed by atoms with van der Waals surface area (Å²) < 4.78 is 6.03. The zero-order chi connectivity index (χ0) is 13.7. The van der Waals surface area contributed by atoms with Crippen molar-refractivity contribution in [3.63, 3.8) is 0 Å². The van der Waals surface area contributed by atoms with E-state index in [2.05, 4.69) is 32.3 Å². The van der Waals surface area contributed by atoms with Gasteiger partial charge in [0.25, 0.3) is 0 Å².